The number of aromatic nitrogens is 2. The third-order valence-corrected chi connectivity index (χ3v) is 7.27. The molecule has 4 atom stereocenters. The lowest BCUT2D eigenvalue weighted by Gasteiger charge is -2.30. The van der Waals surface area contributed by atoms with Gasteiger partial charge in [-0.1, -0.05) is 43.0 Å². The molecule has 8 heteroatoms. The van der Waals surface area contributed by atoms with Gasteiger partial charge in [0.1, 0.15) is 5.60 Å². The van der Waals surface area contributed by atoms with E-state index in [1.165, 1.54) is 25.7 Å². The van der Waals surface area contributed by atoms with Gasteiger partial charge in [-0.2, -0.15) is 4.98 Å². The number of ether oxygens (including phenoxy) is 1. The van der Waals surface area contributed by atoms with Crippen LogP contribution in [0.3, 0.4) is 0 Å². The van der Waals surface area contributed by atoms with Crippen LogP contribution in [0.5, 0.6) is 0 Å². The van der Waals surface area contributed by atoms with Crippen LogP contribution in [0.25, 0.3) is 0 Å². The molecule has 8 nitrogen and oxygen atoms in total. The number of hydrogen-bond acceptors (Lipinski definition) is 6. The van der Waals surface area contributed by atoms with E-state index in [-0.39, 0.29) is 30.5 Å². The molecule has 0 unspecified atom stereocenters. The number of likely N-dealkylation sites (tertiary alicyclic amines) is 1. The van der Waals surface area contributed by atoms with Crippen LogP contribution in [0, 0.1) is 18.8 Å². The maximum Gasteiger partial charge on any atom is 0.246 e. The van der Waals surface area contributed by atoms with E-state index in [1.54, 1.807) is 11.8 Å². The maximum absolute atomic E-state index is 13.6. The summed E-state index contributed by atoms with van der Waals surface area (Å²) in [7, 11) is 0. The van der Waals surface area contributed by atoms with Gasteiger partial charge >= 0.3 is 0 Å². The van der Waals surface area contributed by atoms with Gasteiger partial charge < -0.3 is 19.1 Å². The number of aryl methyl sites for hydroxylation is 1. The van der Waals surface area contributed by atoms with Crippen molar-refractivity contribution in [2.45, 2.75) is 76.7 Å². The van der Waals surface area contributed by atoms with E-state index in [0.29, 0.717) is 24.8 Å². The Balaban J connectivity index is 1.38. The van der Waals surface area contributed by atoms with E-state index >= 15 is 0 Å². The summed E-state index contributed by atoms with van der Waals surface area (Å²) in [6.07, 6.45) is 10.6. The third-order valence-electron chi connectivity index (χ3n) is 7.27. The molecule has 0 N–H and O–H groups in total. The van der Waals surface area contributed by atoms with Gasteiger partial charge in [0.2, 0.25) is 17.7 Å². The van der Waals surface area contributed by atoms with Crippen LogP contribution in [0.1, 0.15) is 57.2 Å². The molecule has 4 heterocycles. The molecule has 5 rings (SSSR count). The average Bonchev–Trinajstić information content (AvgIpc) is 3.43. The lowest BCUT2D eigenvalue weighted by atomic mass is 9.76. The highest BCUT2D eigenvalue weighted by molar-refractivity contribution is 5.93. The van der Waals surface area contributed by atoms with E-state index in [0.717, 1.165) is 12.8 Å². The van der Waals surface area contributed by atoms with Gasteiger partial charge in [0.15, 0.2) is 5.82 Å². The Hall–Kier alpha value is -2.22. The van der Waals surface area contributed by atoms with Crippen molar-refractivity contribution in [3.63, 3.8) is 0 Å². The summed E-state index contributed by atoms with van der Waals surface area (Å²) in [6, 6.07) is 0.274. The molecule has 1 aromatic heterocycles. The van der Waals surface area contributed by atoms with E-state index in [2.05, 4.69) is 10.1 Å². The summed E-state index contributed by atoms with van der Waals surface area (Å²) in [5.41, 5.74) is -0.644. The second-order valence-electron chi connectivity index (χ2n) is 9.10. The van der Waals surface area contributed by atoms with Crippen molar-refractivity contribution in [3.05, 3.63) is 23.9 Å². The number of hydrogen-bond donors (Lipinski definition) is 0. The first-order chi connectivity index (χ1) is 14.5. The summed E-state index contributed by atoms with van der Waals surface area (Å²) in [6.45, 7) is 5.02. The molecule has 162 valence electrons. The Morgan fingerprint density at radius 3 is 2.73 bits per heavy atom. The predicted octanol–water partition coefficient (Wildman–Crippen LogP) is 2.23. The summed E-state index contributed by atoms with van der Waals surface area (Å²) in [4.78, 5) is 35.1. The van der Waals surface area contributed by atoms with E-state index in [4.69, 9.17) is 9.26 Å². The molecular formula is C22H30N4O4. The van der Waals surface area contributed by atoms with Crippen molar-refractivity contribution in [2.75, 3.05) is 13.1 Å². The molecule has 2 bridgehead atoms. The first kappa shape index (κ1) is 19.7. The number of carbonyl (C=O) groups excluding carboxylic acids is 2. The number of amides is 2. The number of rotatable bonds is 5. The highest BCUT2D eigenvalue weighted by atomic mass is 16.5. The average molecular weight is 415 g/mol. The molecule has 1 aromatic rings. The third kappa shape index (κ3) is 3.07. The topological polar surface area (TPSA) is 88.8 Å². The number of nitrogens with zero attached hydrogens (tertiary/aromatic N) is 4. The van der Waals surface area contributed by atoms with Gasteiger partial charge in [-0.3, -0.25) is 9.59 Å². The fourth-order valence-electron chi connectivity index (χ4n) is 5.81. The lowest BCUT2D eigenvalue weighted by Crippen LogP contribution is -2.46. The van der Waals surface area contributed by atoms with Crippen molar-refractivity contribution in [1.29, 1.82) is 0 Å². The van der Waals surface area contributed by atoms with E-state index in [9.17, 15) is 9.59 Å². The van der Waals surface area contributed by atoms with Crippen LogP contribution >= 0.6 is 0 Å². The Morgan fingerprint density at radius 1 is 1.30 bits per heavy atom. The molecule has 4 aliphatic rings. The van der Waals surface area contributed by atoms with Crippen LogP contribution in [-0.2, 0) is 20.9 Å². The molecule has 30 heavy (non-hydrogen) atoms. The van der Waals surface area contributed by atoms with Crippen molar-refractivity contribution in [2.24, 2.45) is 11.8 Å². The van der Waals surface area contributed by atoms with Crippen molar-refractivity contribution >= 4 is 11.8 Å². The fourth-order valence-corrected chi connectivity index (χ4v) is 5.81. The first-order valence-electron chi connectivity index (χ1n) is 11.3. The first-order valence-corrected chi connectivity index (χ1v) is 11.3. The fraction of sp³-hybridized carbons (Fsp3) is 0.727. The van der Waals surface area contributed by atoms with Crippen LogP contribution in [0.15, 0.2) is 16.7 Å². The monoisotopic (exact) mass is 414 g/mol. The summed E-state index contributed by atoms with van der Waals surface area (Å²) in [5.74, 6) is 0.0740. The van der Waals surface area contributed by atoms with Crippen LogP contribution in [0.4, 0.5) is 0 Å². The minimum atomic E-state index is -0.644. The second-order valence-corrected chi connectivity index (χ2v) is 9.10. The van der Waals surface area contributed by atoms with Crippen molar-refractivity contribution < 1.29 is 18.8 Å². The van der Waals surface area contributed by atoms with Gasteiger partial charge in [-0.05, 0) is 26.7 Å². The molecule has 2 amide bonds. The van der Waals surface area contributed by atoms with Crippen LogP contribution in [0.2, 0.25) is 0 Å². The molecule has 1 spiro atoms. The molecule has 3 aliphatic heterocycles. The van der Waals surface area contributed by atoms with Gasteiger partial charge in [0.05, 0.1) is 31.0 Å². The maximum atomic E-state index is 13.6. The standard InChI is InChI=1S/C22H30N4O4/c1-3-25(12-17-23-14(2)24-30-17)20(27)18-16-10-11-22(29-16)13-26(21(28)19(18)22)15-8-6-4-5-7-9-15/h10-11,15-16,18-19H,3-9,12-13H2,1-2H3/t16-,18-,19+,22-/m0/s1. The quantitative estimate of drug-likeness (QED) is 0.542. The van der Waals surface area contributed by atoms with E-state index in [1.807, 2.05) is 24.0 Å². The number of fused-ring (bicyclic) bond motifs is 1. The SMILES string of the molecule is CCN(Cc1nc(C)no1)C(=O)[C@H]1[C@@H]2C=C[C@@]3(CN(C4CCCCCC4)C(=O)[C@@H]13)O2. The smallest absolute Gasteiger partial charge is 0.246 e. The van der Waals surface area contributed by atoms with Crippen molar-refractivity contribution in [3.8, 4) is 0 Å². The normalized spacial score (nSPS) is 33.2. The van der Waals surface area contributed by atoms with Gasteiger partial charge in [-0.15, -0.1) is 0 Å². The highest BCUT2D eigenvalue weighted by Gasteiger charge is 2.67. The second kappa shape index (κ2) is 7.48. The summed E-state index contributed by atoms with van der Waals surface area (Å²) < 4.78 is 11.5. The Bertz CT molecular complexity index is 859. The minimum Gasteiger partial charge on any atom is -0.360 e. The zero-order valence-corrected chi connectivity index (χ0v) is 17.7. The molecule has 0 aromatic carbocycles. The molecule has 2 saturated heterocycles. The Labute approximate surface area is 176 Å². The minimum absolute atomic E-state index is 0.0642. The van der Waals surface area contributed by atoms with Gasteiger partial charge in [0.25, 0.3) is 0 Å². The summed E-state index contributed by atoms with van der Waals surface area (Å²) >= 11 is 0. The molecule has 1 saturated carbocycles. The predicted molar refractivity (Wildman–Crippen MR) is 107 cm³/mol. The molecular weight excluding hydrogens is 384 g/mol. The highest BCUT2D eigenvalue weighted by Crippen LogP contribution is 2.53. The molecule has 0 radical (unpaired) electrons. The Morgan fingerprint density at radius 2 is 2.07 bits per heavy atom. The summed E-state index contributed by atoms with van der Waals surface area (Å²) in [5, 5.41) is 3.81. The number of carbonyl (C=O) groups is 2. The Kier molecular flexibility index (Phi) is 4.92. The van der Waals surface area contributed by atoms with Gasteiger partial charge in [-0.25, -0.2) is 0 Å². The van der Waals surface area contributed by atoms with Gasteiger partial charge in [0, 0.05) is 12.6 Å². The van der Waals surface area contributed by atoms with E-state index < -0.39 is 17.4 Å². The lowest BCUT2D eigenvalue weighted by molar-refractivity contribution is -0.144. The van der Waals surface area contributed by atoms with Crippen molar-refractivity contribution in [1.82, 2.24) is 19.9 Å². The zero-order valence-electron chi connectivity index (χ0n) is 17.7. The molecule has 3 fully saturated rings. The zero-order chi connectivity index (χ0) is 20.9. The van der Waals surface area contributed by atoms with Crippen LogP contribution < -0.4 is 0 Å². The largest absolute Gasteiger partial charge is 0.360 e. The molecule has 1 aliphatic carbocycles. The van der Waals surface area contributed by atoms with Crippen LogP contribution in [-0.4, -0.2) is 62.6 Å².